The van der Waals surface area contributed by atoms with Crippen molar-refractivity contribution in [3.05, 3.63) is 58.5 Å². The average molecular weight is 446 g/mol. The molecule has 11 heteroatoms. The highest BCUT2D eigenvalue weighted by molar-refractivity contribution is 5.77. The summed E-state index contributed by atoms with van der Waals surface area (Å²) in [5.74, 6) is 0.119. The van der Waals surface area contributed by atoms with E-state index in [4.69, 9.17) is 0 Å². The number of rotatable bonds is 4. The molecule has 1 aromatic carbocycles. The molecule has 0 saturated carbocycles. The first kappa shape index (κ1) is 21.7. The maximum Gasteiger partial charge on any atom is 0.433 e. The third-order valence-corrected chi connectivity index (χ3v) is 5.37. The second kappa shape index (κ2) is 8.56. The van der Waals surface area contributed by atoms with Crippen molar-refractivity contribution in [3.63, 3.8) is 0 Å². The molecule has 1 aliphatic rings. The Kier molecular flexibility index (Phi) is 5.81. The van der Waals surface area contributed by atoms with Gasteiger partial charge in [-0.05, 0) is 19.1 Å². The van der Waals surface area contributed by atoms with E-state index in [9.17, 15) is 22.8 Å². The van der Waals surface area contributed by atoms with Crippen LogP contribution in [-0.2, 0) is 17.5 Å². The first-order chi connectivity index (χ1) is 15.2. The highest BCUT2D eigenvalue weighted by atomic mass is 19.4. The van der Waals surface area contributed by atoms with Crippen molar-refractivity contribution in [2.75, 3.05) is 31.1 Å². The van der Waals surface area contributed by atoms with Crippen molar-refractivity contribution in [2.24, 2.45) is 0 Å². The number of aryl methyl sites for hydroxylation is 2. The number of nitrogens with zero attached hydrogens (tertiary/aromatic N) is 6. The molecule has 32 heavy (non-hydrogen) atoms. The molecule has 168 valence electrons. The van der Waals surface area contributed by atoms with Gasteiger partial charge in [0.1, 0.15) is 17.3 Å². The predicted octanol–water partition coefficient (Wildman–Crippen LogP) is 2.25. The third-order valence-electron chi connectivity index (χ3n) is 5.37. The molecule has 3 heterocycles. The Morgan fingerprint density at radius 1 is 1.09 bits per heavy atom. The van der Waals surface area contributed by atoms with E-state index in [1.54, 1.807) is 34.1 Å². The van der Waals surface area contributed by atoms with E-state index >= 15 is 0 Å². The fourth-order valence-electron chi connectivity index (χ4n) is 3.68. The molecular formula is C21H21F3N6O2. The van der Waals surface area contributed by atoms with E-state index in [0.29, 0.717) is 37.1 Å². The normalized spacial score (nSPS) is 14.8. The van der Waals surface area contributed by atoms with Crippen molar-refractivity contribution in [1.29, 1.82) is 0 Å². The van der Waals surface area contributed by atoms with Crippen molar-refractivity contribution in [2.45, 2.75) is 26.1 Å². The van der Waals surface area contributed by atoms with Gasteiger partial charge in [-0.15, -0.1) is 0 Å². The Morgan fingerprint density at radius 2 is 1.81 bits per heavy atom. The van der Waals surface area contributed by atoms with Crippen LogP contribution >= 0.6 is 0 Å². The largest absolute Gasteiger partial charge is 0.433 e. The number of fused-ring (bicyclic) bond motifs is 1. The number of aromatic nitrogens is 4. The minimum Gasteiger partial charge on any atom is -0.353 e. The molecule has 1 aliphatic heterocycles. The second-order valence-electron chi connectivity index (χ2n) is 7.53. The van der Waals surface area contributed by atoms with Crippen LogP contribution in [0.5, 0.6) is 0 Å². The topological polar surface area (TPSA) is 84.2 Å². The van der Waals surface area contributed by atoms with Gasteiger partial charge in [0, 0.05) is 45.2 Å². The molecule has 0 atom stereocenters. The van der Waals surface area contributed by atoms with Crippen LogP contribution in [0.3, 0.4) is 0 Å². The number of halogens is 3. The van der Waals surface area contributed by atoms with Crippen LogP contribution in [-0.4, -0.2) is 56.5 Å². The summed E-state index contributed by atoms with van der Waals surface area (Å²) < 4.78 is 40.5. The third kappa shape index (κ3) is 4.56. The van der Waals surface area contributed by atoms with Gasteiger partial charge in [-0.1, -0.05) is 12.1 Å². The van der Waals surface area contributed by atoms with Gasteiger partial charge in [-0.25, -0.2) is 15.0 Å². The van der Waals surface area contributed by atoms with Gasteiger partial charge in [0.15, 0.2) is 0 Å². The highest BCUT2D eigenvalue weighted by Gasteiger charge is 2.34. The van der Waals surface area contributed by atoms with Crippen LogP contribution < -0.4 is 10.5 Å². The lowest BCUT2D eigenvalue weighted by Gasteiger charge is -2.35. The molecule has 0 N–H and O–H groups in total. The summed E-state index contributed by atoms with van der Waals surface area (Å²) in [5, 5.41) is 0.495. The van der Waals surface area contributed by atoms with Gasteiger partial charge < -0.3 is 9.80 Å². The maximum atomic E-state index is 13.0. The molecule has 1 fully saturated rings. The van der Waals surface area contributed by atoms with Gasteiger partial charge in [0.2, 0.25) is 5.91 Å². The lowest BCUT2D eigenvalue weighted by Crippen LogP contribution is -2.49. The number of piperazine rings is 1. The van der Waals surface area contributed by atoms with E-state index in [2.05, 4.69) is 15.0 Å². The molecule has 0 spiro atoms. The number of amides is 1. The number of hydrogen-bond donors (Lipinski definition) is 0. The molecule has 3 aromatic rings. The van der Waals surface area contributed by atoms with Gasteiger partial charge in [-0.2, -0.15) is 13.2 Å². The summed E-state index contributed by atoms with van der Waals surface area (Å²) >= 11 is 0. The summed E-state index contributed by atoms with van der Waals surface area (Å²) in [4.78, 5) is 40.4. The van der Waals surface area contributed by atoms with Crippen LogP contribution in [0.25, 0.3) is 10.9 Å². The van der Waals surface area contributed by atoms with Gasteiger partial charge in [-0.3, -0.25) is 14.2 Å². The molecule has 0 aliphatic carbocycles. The van der Waals surface area contributed by atoms with Crippen LogP contribution in [0.4, 0.5) is 19.0 Å². The number of hydrogen-bond acceptors (Lipinski definition) is 6. The number of alkyl halides is 3. The Hall–Kier alpha value is -3.50. The Balaban J connectivity index is 1.37. The summed E-state index contributed by atoms with van der Waals surface area (Å²) in [6.07, 6.45) is -2.98. The smallest absolute Gasteiger partial charge is 0.353 e. The summed E-state index contributed by atoms with van der Waals surface area (Å²) in [7, 11) is 0. The molecular weight excluding hydrogens is 425 g/mol. The van der Waals surface area contributed by atoms with E-state index in [1.807, 2.05) is 0 Å². The average Bonchev–Trinajstić information content (AvgIpc) is 2.78. The number of anilines is 1. The quantitative estimate of drug-likeness (QED) is 0.611. The van der Waals surface area contributed by atoms with Crippen molar-refractivity contribution >= 4 is 22.6 Å². The SMILES string of the molecule is Cc1nc(N2CCN(C(=O)CCn3cnc4ccccc4c3=O)CC2)cc(C(F)(F)F)n1. The molecule has 0 radical (unpaired) electrons. The van der Waals surface area contributed by atoms with Crippen molar-refractivity contribution in [3.8, 4) is 0 Å². The first-order valence-corrected chi connectivity index (χ1v) is 10.1. The molecule has 1 saturated heterocycles. The van der Waals surface area contributed by atoms with Crippen LogP contribution in [0, 0.1) is 6.92 Å². The molecule has 2 aromatic heterocycles. The second-order valence-corrected chi connectivity index (χ2v) is 7.53. The first-order valence-electron chi connectivity index (χ1n) is 10.1. The minimum absolute atomic E-state index is 0.0442. The number of benzene rings is 1. The minimum atomic E-state index is -4.55. The number of carbonyl (C=O) groups is 1. The summed E-state index contributed by atoms with van der Waals surface area (Å²) in [5.41, 5.74) is -0.578. The summed E-state index contributed by atoms with van der Waals surface area (Å²) in [6.45, 7) is 3.05. The van der Waals surface area contributed by atoms with Crippen molar-refractivity contribution in [1.82, 2.24) is 24.4 Å². The Bertz CT molecular complexity index is 1200. The molecule has 8 nitrogen and oxygen atoms in total. The fourth-order valence-corrected chi connectivity index (χ4v) is 3.68. The summed E-state index contributed by atoms with van der Waals surface area (Å²) in [6, 6.07) is 7.94. The van der Waals surface area contributed by atoms with Crippen LogP contribution in [0.15, 0.2) is 41.5 Å². The van der Waals surface area contributed by atoms with E-state index in [1.165, 1.54) is 17.8 Å². The zero-order valence-corrected chi connectivity index (χ0v) is 17.3. The van der Waals surface area contributed by atoms with Gasteiger partial charge >= 0.3 is 6.18 Å². The maximum absolute atomic E-state index is 13.0. The van der Waals surface area contributed by atoms with Crippen LogP contribution in [0.2, 0.25) is 0 Å². The van der Waals surface area contributed by atoms with Crippen LogP contribution in [0.1, 0.15) is 17.9 Å². The highest BCUT2D eigenvalue weighted by Crippen LogP contribution is 2.30. The Morgan fingerprint density at radius 3 is 2.53 bits per heavy atom. The zero-order chi connectivity index (χ0) is 22.9. The lowest BCUT2D eigenvalue weighted by atomic mass is 10.2. The molecule has 0 bridgehead atoms. The van der Waals surface area contributed by atoms with E-state index < -0.39 is 11.9 Å². The van der Waals surface area contributed by atoms with Gasteiger partial charge in [0.05, 0.1) is 17.2 Å². The fraction of sp³-hybridized carbons (Fsp3) is 0.381. The standard InChI is InChI=1S/C21H21F3N6O2/c1-14-26-17(21(22,23)24)12-18(27-14)28-8-10-29(11-9-28)19(31)6-7-30-13-25-16-5-3-2-4-15(16)20(30)32/h2-5,12-13H,6-11H2,1H3. The molecule has 4 rings (SSSR count). The monoisotopic (exact) mass is 446 g/mol. The van der Waals surface area contributed by atoms with Crippen molar-refractivity contribution < 1.29 is 18.0 Å². The molecule has 1 amide bonds. The predicted molar refractivity (Wildman–Crippen MR) is 111 cm³/mol. The lowest BCUT2D eigenvalue weighted by molar-refractivity contribution is -0.141. The van der Waals surface area contributed by atoms with Gasteiger partial charge in [0.25, 0.3) is 5.56 Å². The Labute approximate surface area is 181 Å². The molecule has 0 unspecified atom stereocenters. The number of para-hydroxylation sites is 1. The van der Waals surface area contributed by atoms with E-state index in [0.717, 1.165) is 6.07 Å². The number of carbonyl (C=O) groups excluding carboxylic acids is 1. The zero-order valence-electron chi connectivity index (χ0n) is 17.3. The van der Waals surface area contributed by atoms with E-state index in [-0.39, 0.29) is 36.1 Å².